The molecule has 0 bridgehead atoms. The van der Waals surface area contributed by atoms with E-state index >= 15 is 0 Å². The van der Waals surface area contributed by atoms with Crippen molar-refractivity contribution in [2.45, 2.75) is 89.9 Å². The van der Waals surface area contributed by atoms with Crippen LogP contribution in [-0.4, -0.2) is 16.0 Å². The number of nitrogen functional groups attached to an aromatic ring is 1. The Balaban J connectivity index is 0.000000181. The second kappa shape index (κ2) is 8.51. The molecule has 0 aromatic carbocycles. The van der Waals surface area contributed by atoms with E-state index in [1.165, 1.54) is 44.2 Å². The summed E-state index contributed by atoms with van der Waals surface area (Å²) < 4.78 is 0. The van der Waals surface area contributed by atoms with Crippen molar-refractivity contribution in [3.8, 4) is 6.07 Å². The first-order chi connectivity index (χ1) is 11.9. The lowest BCUT2D eigenvalue weighted by Gasteiger charge is -2.32. The molecule has 1 aromatic rings. The number of nitrogens with zero attached hydrogens (tertiary/aromatic N) is 2. The first kappa shape index (κ1) is 19.5. The van der Waals surface area contributed by atoms with E-state index in [9.17, 15) is 4.79 Å². The molecule has 5 heteroatoms. The number of carbonyl (C=O) groups excluding carboxylic acids is 1. The maximum atomic E-state index is 11.5. The van der Waals surface area contributed by atoms with E-state index in [1.54, 1.807) is 0 Å². The summed E-state index contributed by atoms with van der Waals surface area (Å²) in [5.41, 5.74) is 6.94. The van der Waals surface area contributed by atoms with Gasteiger partial charge in [-0.2, -0.15) is 10.4 Å². The maximum Gasteiger partial charge on any atom is 0.152 e. The first-order valence-electron chi connectivity index (χ1n) is 9.61. The number of anilines is 1. The Labute approximate surface area is 151 Å². The van der Waals surface area contributed by atoms with E-state index < -0.39 is 0 Å². The summed E-state index contributed by atoms with van der Waals surface area (Å²) in [6.07, 6.45) is 12.1. The third-order valence-electron chi connectivity index (χ3n) is 6.07. The van der Waals surface area contributed by atoms with Gasteiger partial charge in [-0.25, -0.2) is 0 Å². The Morgan fingerprint density at radius 2 is 1.72 bits per heavy atom. The highest BCUT2D eigenvalue weighted by atomic mass is 16.1. The number of carbonyl (C=O) groups is 1. The zero-order valence-electron chi connectivity index (χ0n) is 15.7. The number of aromatic amines is 1. The van der Waals surface area contributed by atoms with Gasteiger partial charge < -0.3 is 5.73 Å². The normalized spacial score (nSPS) is 21.5. The Bertz CT molecular complexity index is 601. The van der Waals surface area contributed by atoms with Gasteiger partial charge in [-0.15, -0.1) is 0 Å². The molecule has 25 heavy (non-hydrogen) atoms. The molecule has 5 nitrogen and oxygen atoms in total. The van der Waals surface area contributed by atoms with Gasteiger partial charge in [-0.3, -0.25) is 9.89 Å². The number of ketones is 1. The van der Waals surface area contributed by atoms with Crippen molar-refractivity contribution in [2.24, 2.45) is 5.41 Å². The highest BCUT2D eigenvalue weighted by Gasteiger charge is 2.33. The van der Waals surface area contributed by atoms with Gasteiger partial charge in [0.15, 0.2) is 5.78 Å². The first-order valence-corrected chi connectivity index (χ1v) is 9.61. The van der Waals surface area contributed by atoms with Crippen molar-refractivity contribution >= 4 is 11.6 Å². The van der Waals surface area contributed by atoms with Gasteiger partial charge in [0, 0.05) is 22.6 Å². The number of nitrogens with two attached hydrogens (primary N) is 1. The molecule has 2 aliphatic carbocycles. The van der Waals surface area contributed by atoms with Gasteiger partial charge in [-0.1, -0.05) is 52.4 Å². The summed E-state index contributed by atoms with van der Waals surface area (Å²) in [6.45, 7) is 4.31. The van der Waals surface area contributed by atoms with Crippen molar-refractivity contribution in [1.29, 1.82) is 5.26 Å². The van der Waals surface area contributed by atoms with Crippen LogP contribution >= 0.6 is 0 Å². The van der Waals surface area contributed by atoms with Crippen LogP contribution in [0.15, 0.2) is 6.07 Å². The van der Waals surface area contributed by atoms with Crippen molar-refractivity contribution in [2.75, 3.05) is 5.73 Å². The smallest absolute Gasteiger partial charge is 0.152 e. The van der Waals surface area contributed by atoms with E-state index in [-0.39, 0.29) is 17.6 Å². The van der Waals surface area contributed by atoms with Crippen molar-refractivity contribution in [1.82, 2.24) is 10.2 Å². The van der Waals surface area contributed by atoms with Gasteiger partial charge in [0.2, 0.25) is 0 Å². The Morgan fingerprint density at radius 3 is 2.20 bits per heavy atom. The van der Waals surface area contributed by atoms with Gasteiger partial charge in [-0.05, 0) is 25.7 Å². The lowest BCUT2D eigenvalue weighted by atomic mass is 9.72. The van der Waals surface area contributed by atoms with E-state index in [0.29, 0.717) is 11.2 Å². The molecule has 1 heterocycles. The minimum absolute atomic E-state index is 0.0938. The molecule has 0 amide bonds. The van der Waals surface area contributed by atoms with Crippen LogP contribution in [0.2, 0.25) is 0 Å². The summed E-state index contributed by atoms with van der Waals surface area (Å²) in [4.78, 5) is 11.5. The molecule has 138 valence electrons. The summed E-state index contributed by atoms with van der Waals surface area (Å²) in [5.74, 6) is 0.756. The van der Waals surface area contributed by atoms with E-state index in [2.05, 4.69) is 17.1 Å². The number of nitriles is 1. The van der Waals surface area contributed by atoms with Gasteiger partial charge in [0.25, 0.3) is 0 Å². The number of rotatable bonds is 3. The Hall–Kier alpha value is -1.83. The molecular weight excluding hydrogens is 312 g/mol. The van der Waals surface area contributed by atoms with Crippen LogP contribution in [0.4, 0.5) is 5.82 Å². The average molecular weight is 345 g/mol. The van der Waals surface area contributed by atoms with Gasteiger partial charge in [0.05, 0.1) is 12.5 Å². The third-order valence-corrected chi connectivity index (χ3v) is 6.07. The molecule has 2 fully saturated rings. The fourth-order valence-corrected chi connectivity index (χ4v) is 4.14. The van der Waals surface area contributed by atoms with Crippen LogP contribution in [0, 0.1) is 16.7 Å². The average Bonchev–Trinajstić information content (AvgIpc) is 3.04. The molecule has 0 saturated heterocycles. The summed E-state index contributed by atoms with van der Waals surface area (Å²) >= 11 is 0. The zero-order chi connectivity index (χ0) is 18.3. The van der Waals surface area contributed by atoms with Crippen molar-refractivity contribution in [3.63, 3.8) is 0 Å². The van der Waals surface area contributed by atoms with Crippen LogP contribution in [0.25, 0.3) is 0 Å². The number of Topliss-reactive ketones (excluding diaryl/α,β-unsaturated/α-hetero) is 1. The SMILES string of the molecule is CC1(C(=O)CC#N)CCCCC1.CC1(c2cc(N)n[nH]2)CCCCC1. The molecule has 0 aliphatic heterocycles. The molecule has 2 aliphatic rings. The number of aromatic nitrogens is 2. The fourth-order valence-electron chi connectivity index (χ4n) is 4.14. The molecule has 0 atom stereocenters. The van der Waals surface area contributed by atoms with Crippen molar-refractivity contribution in [3.05, 3.63) is 11.8 Å². The highest BCUT2D eigenvalue weighted by molar-refractivity contribution is 5.86. The van der Waals surface area contributed by atoms with E-state index in [0.717, 1.165) is 25.7 Å². The largest absolute Gasteiger partial charge is 0.382 e. The van der Waals surface area contributed by atoms with Crippen molar-refractivity contribution < 1.29 is 4.79 Å². The monoisotopic (exact) mass is 344 g/mol. The highest BCUT2D eigenvalue weighted by Crippen LogP contribution is 2.38. The number of hydrogen-bond acceptors (Lipinski definition) is 4. The van der Waals surface area contributed by atoms with Crippen LogP contribution in [0.5, 0.6) is 0 Å². The zero-order valence-corrected chi connectivity index (χ0v) is 15.7. The van der Waals surface area contributed by atoms with Crippen LogP contribution < -0.4 is 5.73 Å². The summed E-state index contributed by atoms with van der Waals surface area (Å²) in [7, 11) is 0. The third kappa shape index (κ3) is 5.07. The molecule has 3 rings (SSSR count). The molecule has 3 N–H and O–H groups in total. The minimum Gasteiger partial charge on any atom is -0.382 e. The lowest BCUT2D eigenvalue weighted by Crippen LogP contribution is -2.29. The summed E-state index contributed by atoms with van der Waals surface area (Å²) in [5, 5.41) is 15.4. The van der Waals surface area contributed by atoms with Crippen LogP contribution in [0.1, 0.15) is 90.2 Å². The topological polar surface area (TPSA) is 95.6 Å². The minimum atomic E-state index is -0.173. The molecular formula is C20H32N4O. The van der Waals surface area contributed by atoms with E-state index in [4.69, 9.17) is 11.0 Å². The standard InChI is InChI=1S/C10H17N3.C10H15NO/c1-10(5-3-2-4-6-10)8-7-9(11)13-12-8;1-10(9(12)5-8-11)6-3-2-4-7-10/h7H,2-6H2,1H3,(H3,11,12,13);2-7H2,1H3. The molecule has 1 aromatic heterocycles. The van der Waals surface area contributed by atoms with Gasteiger partial charge in [0.1, 0.15) is 5.82 Å². The second-order valence-corrected chi connectivity index (χ2v) is 8.21. The number of H-pyrrole nitrogens is 1. The Morgan fingerprint density at radius 1 is 1.16 bits per heavy atom. The summed E-state index contributed by atoms with van der Waals surface area (Å²) in [6, 6.07) is 3.92. The molecule has 2 saturated carbocycles. The molecule has 0 spiro atoms. The van der Waals surface area contributed by atoms with Gasteiger partial charge >= 0.3 is 0 Å². The Kier molecular flexibility index (Phi) is 6.64. The maximum absolute atomic E-state index is 11.5. The molecule has 0 unspecified atom stereocenters. The predicted molar refractivity (Wildman–Crippen MR) is 99.9 cm³/mol. The fraction of sp³-hybridized carbons (Fsp3) is 0.750. The quantitative estimate of drug-likeness (QED) is 0.834. The number of hydrogen-bond donors (Lipinski definition) is 2. The van der Waals surface area contributed by atoms with Crippen LogP contribution in [0.3, 0.4) is 0 Å². The predicted octanol–water partition coefficient (Wildman–Crippen LogP) is 4.65. The van der Waals surface area contributed by atoms with E-state index in [1.807, 2.05) is 19.1 Å². The lowest BCUT2D eigenvalue weighted by molar-refractivity contribution is -0.128. The number of nitrogens with one attached hydrogen (secondary N) is 1. The second-order valence-electron chi connectivity index (χ2n) is 8.21. The van der Waals surface area contributed by atoms with Crippen LogP contribution in [-0.2, 0) is 10.2 Å². The molecule has 0 radical (unpaired) electrons.